The number of hydrogen-bond donors (Lipinski definition) is 0. The lowest BCUT2D eigenvalue weighted by Gasteiger charge is -2.24. The van der Waals surface area contributed by atoms with Gasteiger partial charge in [0, 0.05) is 31.9 Å². The van der Waals surface area contributed by atoms with E-state index in [0.717, 1.165) is 16.8 Å². The molecule has 0 saturated heterocycles. The van der Waals surface area contributed by atoms with Crippen LogP contribution in [0.25, 0.3) is 0 Å². The van der Waals surface area contributed by atoms with Gasteiger partial charge in [-0.2, -0.15) is 0 Å². The van der Waals surface area contributed by atoms with Crippen molar-refractivity contribution in [1.29, 1.82) is 0 Å². The Hall–Kier alpha value is -2.94. The molecule has 0 aliphatic rings. The number of aromatic nitrogens is 1. The van der Waals surface area contributed by atoms with E-state index in [9.17, 15) is 4.79 Å². The summed E-state index contributed by atoms with van der Waals surface area (Å²) in [5.74, 6) is -0.120. The summed E-state index contributed by atoms with van der Waals surface area (Å²) in [6, 6.07) is 25.8. The van der Waals surface area contributed by atoms with E-state index in [1.807, 2.05) is 85.9 Å². The molecule has 3 heteroatoms. The quantitative estimate of drug-likeness (QED) is 0.683. The van der Waals surface area contributed by atoms with Gasteiger partial charge in [-0.05, 0) is 23.3 Å². The fraction of sp³-hybridized carbons (Fsp3) is 0.182. The van der Waals surface area contributed by atoms with Gasteiger partial charge in [0.15, 0.2) is 0 Å². The van der Waals surface area contributed by atoms with E-state index in [2.05, 4.69) is 4.98 Å². The van der Waals surface area contributed by atoms with Crippen LogP contribution in [0.1, 0.15) is 22.7 Å². The lowest BCUT2D eigenvalue weighted by Crippen LogP contribution is -2.32. The molecule has 126 valence electrons. The van der Waals surface area contributed by atoms with Crippen molar-refractivity contribution < 1.29 is 4.79 Å². The van der Waals surface area contributed by atoms with E-state index in [0.29, 0.717) is 13.0 Å². The number of rotatable bonds is 6. The molecule has 0 aliphatic carbocycles. The maximum absolute atomic E-state index is 13.2. The van der Waals surface area contributed by atoms with Gasteiger partial charge in [0.05, 0.1) is 5.92 Å². The smallest absolute Gasteiger partial charge is 0.230 e. The summed E-state index contributed by atoms with van der Waals surface area (Å²) < 4.78 is 0. The minimum absolute atomic E-state index is 0.112. The van der Waals surface area contributed by atoms with Crippen LogP contribution in [0.15, 0.2) is 85.1 Å². The minimum atomic E-state index is -0.232. The molecular weight excluding hydrogens is 308 g/mol. The fourth-order valence-corrected chi connectivity index (χ4v) is 2.96. The van der Waals surface area contributed by atoms with Crippen LogP contribution >= 0.6 is 0 Å². The molecule has 0 N–H and O–H groups in total. The first-order chi connectivity index (χ1) is 12.2. The predicted molar refractivity (Wildman–Crippen MR) is 100 cm³/mol. The fourth-order valence-electron chi connectivity index (χ4n) is 2.96. The molecule has 0 aliphatic heterocycles. The molecule has 2 aromatic carbocycles. The van der Waals surface area contributed by atoms with Crippen molar-refractivity contribution >= 4 is 5.91 Å². The molecule has 25 heavy (non-hydrogen) atoms. The predicted octanol–water partition coefficient (Wildman–Crippen LogP) is 4.07. The topological polar surface area (TPSA) is 33.2 Å². The highest BCUT2D eigenvalue weighted by molar-refractivity contribution is 5.83. The minimum Gasteiger partial charge on any atom is -0.341 e. The number of pyridine rings is 1. The first-order valence-corrected chi connectivity index (χ1v) is 8.48. The van der Waals surface area contributed by atoms with E-state index in [-0.39, 0.29) is 11.8 Å². The molecule has 0 saturated carbocycles. The molecule has 3 rings (SSSR count). The largest absolute Gasteiger partial charge is 0.341 e. The number of carbonyl (C=O) groups is 1. The average molecular weight is 330 g/mol. The van der Waals surface area contributed by atoms with Crippen molar-refractivity contribution in [2.24, 2.45) is 0 Å². The van der Waals surface area contributed by atoms with Crippen LogP contribution < -0.4 is 0 Å². The highest BCUT2D eigenvalue weighted by atomic mass is 16.2. The van der Waals surface area contributed by atoms with E-state index in [1.54, 1.807) is 11.1 Å². The first-order valence-electron chi connectivity index (χ1n) is 8.48. The molecule has 0 radical (unpaired) electrons. The maximum atomic E-state index is 13.2. The second-order valence-electron chi connectivity index (χ2n) is 6.17. The average Bonchev–Trinajstić information content (AvgIpc) is 2.68. The van der Waals surface area contributed by atoms with Gasteiger partial charge in [-0.3, -0.25) is 9.78 Å². The van der Waals surface area contributed by atoms with Crippen LogP contribution in [0.2, 0.25) is 0 Å². The van der Waals surface area contributed by atoms with Gasteiger partial charge in [0.2, 0.25) is 5.91 Å². The molecular formula is C22H22N2O. The van der Waals surface area contributed by atoms with Gasteiger partial charge in [-0.1, -0.05) is 66.7 Å². The third-order valence-corrected chi connectivity index (χ3v) is 4.28. The van der Waals surface area contributed by atoms with Crippen LogP contribution in [0.4, 0.5) is 0 Å². The number of carbonyl (C=O) groups excluding carboxylic acids is 1. The van der Waals surface area contributed by atoms with E-state index < -0.39 is 0 Å². The van der Waals surface area contributed by atoms with Crippen LogP contribution in [0.3, 0.4) is 0 Å². The van der Waals surface area contributed by atoms with Crippen LogP contribution in [0, 0.1) is 0 Å². The summed E-state index contributed by atoms with van der Waals surface area (Å²) in [7, 11) is 1.86. The molecule has 1 aromatic heterocycles. The zero-order valence-electron chi connectivity index (χ0n) is 14.4. The second-order valence-corrected chi connectivity index (χ2v) is 6.17. The van der Waals surface area contributed by atoms with E-state index in [1.165, 1.54) is 0 Å². The van der Waals surface area contributed by atoms with Crippen molar-refractivity contribution in [3.8, 4) is 0 Å². The van der Waals surface area contributed by atoms with Crippen molar-refractivity contribution in [2.45, 2.75) is 18.9 Å². The van der Waals surface area contributed by atoms with E-state index in [4.69, 9.17) is 0 Å². The number of amides is 1. The standard InChI is InChI=1S/C22H22N2O/c1-24(17-18-10-4-2-5-11-18)22(25)21(19-12-6-3-7-13-19)16-20-14-8-9-15-23-20/h2-15,21H,16-17H2,1H3. The Bertz CT molecular complexity index is 788. The van der Waals surface area contributed by atoms with Crippen molar-refractivity contribution in [3.05, 3.63) is 102 Å². The summed E-state index contributed by atoms with van der Waals surface area (Å²) in [6.45, 7) is 0.602. The molecule has 0 fully saturated rings. The normalized spacial score (nSPS) is 11.7. The number of benzene rings is 2. The number of likely N-dealkylation sites (N-methyl/N-ethyl adjacent to an activating group) is 1. The summed E-state index contributed by atoms with van der Waals surface area (Å²) in [6.07, 6.45) is 2.37. The Morgan fingerprint density at radius 3 is 2.20 bits per heavy atom. The van der Waals surface area contributed by atoms with E-state index >= 15 is 0 Å². The van der Waals surface area contributed by atoms with Crippen molar-refractivity contribution in [2.75, 3.05) is 7.05 Å². The molecule has 0 spiro atoms. The van der Waals surface area contributed by atoms with Gasteiger partial charge in [0.25, 0.3) is 0 Å². The molecule has 3 nitrogen and oxygen atoms in total. The van der Waals surface area contributed by atoms with Gasteiger partial charge >= 0.3 is 0 Å². The zero-order chi connectivity index (χ0) is 17.5. The van der Waals surface area contributed by atoms with Gasteiger partial charge in [-0.25, -0.2) is 0 Å². The first kappa shape index (κ1) is 16.9. The molecule has 1 heterocycles. The third-order valence-electron chi connectivity index (χ3n) is 4.28. The monoisotopic (exact) mass is 330 g/mol. The lowest BCUT2D eigenvalue weighted by molar-refractivity contribution is -0.132. The van der Waals surface area contributed by atoms with Crippen molar-refractivity contribution in [3.63, 3.8) is 0 Å². The summed E-state index contributed by atoms with van der Waals surface area (Å²) in [4.78, 5) is 19.4. The third kappa shape index (κ3) is 4.54. The zero-order valence-corrected chi connectivity index (χ0v) is 14.4. The lowest BCUT2D eigenvalue weighted by atomic mass is 9.92. The summed E-state index contributed by atoms with van der Waals surface area (Å²) in [5.41, 5.74) is 3.08. The Morgan fingerprint density at radius 2 is 1.56 bits per heavy atom. The van der Waals surface area contributed by atoms with Crippen LogP contribution in [0.5, 0.6) is 0 Å². The van der Waals surface area contributed by atoms with Gasteiger partial charge < -0.3 is 4.90 Å². The second kappa shape index (κ2) is 8.25. The van der Waals surface area contributed by atoms with Gasteiger partial charge in [0.1, 0.15) is 0 Å². The molecule has 1 amide bonds. The molecule has 1 unspecified atom stereocenters. The van der Waals surface area contributed by atoms with Crippen molar-refractivity contribution in [1.82, 2.24) is 9.88 Å². The van der Waals surface area contributed by atoms with Gasteiger partial charge in [-0.15, -0.1) is 0 Å². The van der Waals surface area contributed by atoms with Crippen LogP contribution in [-0.4, -0.2) is 22.8 Å². The number of hydrogen-bond acceptors (Lipinski definition) is 2. The number of nitrogens with zero attached hydrogens (tertiary/aromatic N) is 2. The Morgan fingerprint density at radius 1 is 0.920 bits per heavy atom. The maximum Gasteiger partial charge on any atom is 0.230 e. The Kier molecular flexibility index (Phi) is 5.57. The molecule has 1 atom stereocenters. The molecule has 3 aromatic rings. The highest BCUT2D eigenvalue weighted by Gasteiger charge is 2.24. The summed E-state index contributed by atoms with van der Waals surface area (Å²) in [5, 5.41) is 0. The Labute approximate surface area is 149 Å². The highest BCUT2D eigenvalue weighted by Crippen LogP contribution is 2.23. The van der Waals surface area contributed by atoms with Crippen LogP contribution in [-0.2, 0) is 17.8 Å². The Balaban J connectivity index is 1.81. The molecule has 0 bridgehead atoms. The SMILES string of the molecule is CN(Cc1ccccc1)C(=O)C(Cc1ccccn1)c1ccccc1. The summed E-state index contributed by atoms with van der Waals surface area (Å²) >= 11 is 0.